The number of hydrogen-bond acceptors (Lipinski definition) is 2. The molecule has 1 unspecified atom stereocenters. The molecule has 0 heterocycles. The highest BCUT2D eigenvalue weighted by atomic mass is 35.5. The molecule has 0 fully saturated rings. The molecule has 0 saturated heterocycles. The second-order valence-electron chi connectivity index (χ2n) is 3.99. The molecular weight excluding hydrogens is 236 g/mol. The summed E-state index contributed by atoms with van der Waals surface area (Å²) in [7, 11) is 1.76. The zero-order valence-corrected chi connectivity index (χ0v) is 11.1. The SMILES string of the molecule is CCC(CNC(=O)CNC)c1ccc(Cl)cc1. The minimum absolute atomic E-state index is 0.0277. The Labute approximate surface area is 108 Å². The fourth-order valence-electron chi connectivity index (χ4n) is 1.69. The second kappa shape index (κ2) is 7.30. The second-order valence-corrected chi connectivity index (χ2v) is 4.43. The molecule has 1 amide bonds. The van der Waals surface area contributed by atoms with Crippen molar-refractivity contribution in [1.29, 1.82) is 0 Å². The summed E-state index contributed by atoms with van der Waals surface area (Å²) >= 11 is 5.85. The summed E-state index contributed by atoms with van der Waals surface area (Å²) in [6.07, 6.45) is 0.988. The smallest absolute Gasteiger partial charge is 0.233 e. The molecule has 0 radical (unpaired) electrons. The molecule has 0 spiro atoms. The zero-order chi connectivity index (χ0) is 12.7. The zero-order valence-electron chi connectivity index (χ0n) is 10.3. The van der Waals surface area contributed by atoms with Gasteiger partial charge in [0.2, 0.25) is 5.91 Å². The predicted octanol–water partition coefficient (Wildman–Crippen LogP) is 2.17. The first-order valence-electron chi connectivity index (χ1n) is 5.84. The van der Waals surface area contributed by atoms with Gasteiger partial charge >= 0.3 is 0 Å². The van der Waals surface area contributed by atoms with Gasteiger partial charge in [0.15, 0.2) is 0 Å². The van der Waals surface area contributed by atoms with Crippen molar-refractivity contribution in [3.05, 3.63) is 34.9 Å². The third kappa shape index (κ3) is 4.75. The Morgan fingerprint density at radius 3 is 2.53 bits per heavy atom. The van der Waals surface area contributed by atoms with Crippen LogP contribution < -0.4 is 10.6 Å². The number of nitrogens with one attached hydrogen (secondary N) is 2. The molecule has 0 bridgehead atoms. The van der Waals surface area contributed by atoms with Gasteiger partial charge in [-0.05, 0) is 31.2 Å². The quantitative estimate of drug-likeness (QED) is 0.817. The van der Waals surface area contributed by atoms with Crippen molar-refractivity contribution in [3.63, 3.8) is 0 Å². The van der Waals surface area contributed by atoms with Gasteiger partial charge in [-0.2, -0.15) is 0 Å². The summed E-state index contributed by atoms with van der Waals surface area (Å²) in [5.74, 6) is 0.369. The lowest BCUT2D eigenvalue weighted by atomic mass is 9.96. The van der Waals surface area contributed by atoms with E-state index in [4.69, 9.17) is 11.6 Å². The van der Waals surface area contributed by atoms with Gasteiger partial charge in [0.05, 0.1) is 6.54 Å². The van der Waals surface area contributed by atoms with E-state index in [1.165, 1.54) is 5.56 Å². The summed E-state index contributed by atoms with van der Waals surface area (Å²) in [6.45, 7) is 3.14. The third-order valence-electron chi connectivity index (χ3n) is 2.72. The largest absolute Gasteiger partial charge is 0.354 e. The van der Waals surface area contributed by atoms with Crippen molar-refractivity contribution in [1.82, 2.24) is 10.6 Å². The van der Waals surface area contributed by atoms with Crippen LogP contribution >= 0.6 is 11.6 Å². The van der Waals surface area contributed by atoms with Gasteiger partial charge < -0.3 is 10.6 Å². The minimum Gasteiger partial charge on any atom is -0.354 e. The molecule has 0 aliphatic carbocycles. The Kier molecular flexibility index (Phi) is 6.01. The van der Waals surface area contributed by atoms with Crippen molar-refractivity contribution in [3.8, 4) is 0 Å². The van der Waals surface area contributed by atoms with Crippen molar-refractivity contribution < 1.29 is 4.79 Å². The number of rotatable bonds is 6. The molecule has 1 aromatic carbocycles. The molecule has 1 atom stereocenters. The Morgan fingerprint density at radius 2 is 2.00 bits per heavy atom. The van der Waals surface area contributed by atoms with Gasteiger partial charge in [-0.25, -0.2) is 0 Å². The van der Waals surface area contributed by atoms with Crippen LogP contribution in [0.2, 0.25) is 5.02 Å². The van der Waals surface area contributed by atoms with Crippen molar-refractivity contribution in [2.75, 3.05) is 20.1 Å². The maximum Gasteiger partial charge on any atom is 0.233 e. The van der Waals surface area contributed by atoms with Crippen LogP contribution in [0.25, 0.3) is 0 Å². The molecule has 0 aliphatic heterocycles. The summed E-state index contributed by atoms with van der Waals surface area (Å²) in [6, 6.07) is 7.80. The van der Waals surface area contributed by atoms with Gasteiger partial charge in [-0.15, -0.1) is 0 Å². The molecule has 2 N–H and O–H groups in total. The van der Waals surface area contributed by atoms with Crippen molar-refractivity contribution in [2.45, 2.75) is 19.3 Å². The third-order valence-corrected chi connectivity index (χ3v) is 2.97. The number of amides is 1. The molecule has 0 aromatic heterocycles. The fourth-order valence-corrected chi connectivity index (χ4v) is 1.82. The number of likely N-dealkylation sites (N-methyl/N-ethyl adjacent to an activating group) is 1. The predicted molar refractivity (Wildman–Crippen MR) is 71.4 cm³/mol. The van der Waals surface area contributed by atoms with E-state index in [1.54, 1.807) is 7.05 Å². The van der Waals surface area contributed by atoms with Crippen LogP contribution in [0.3, 0.4) is 0 Å². The van der Waals surface area contributed by atoms with Crippen LogP contribution in [-0.2, 0) is 4.79 Å². The maximum absolute atomic E-state index is 11.4. The molecule has 1 aromatic rings. The number of carbonyl (C=O) groups is 1. The first-order chi connectivity index (χ1) is 8.17. The van der Waals surface area contributed by atoms with E-state index < -0.39 is 0 Å². The molecule has 0 aliphatic rings. The Balaban J connectivity index is 2.54. The lowest BCUT2D eigenvalue weighted by Crippen LogP contribution is -2.34. The molecular formula is C13H19ClN2O. The van der Waals surface area contributed by atoms with Gasteiger partial charge in [-0.1, -0.05) is 30.7 Å². The normalized spacial score (nSPS) is 12.2. The highest BCUT2D eigenvalue weighted by Gasteiger charge is 2.10. The highest BCUT2D eigenvalue weighted by Crippen LogP contribution is 2.20. The van der Waals surface area contributed by atoms with E-state index in [-0.39, 0.29) is 5.91 Å². The average molecular weight is 255 g/mol. The van der Waals surface area contributed by atoms with Gasteiger partial charge in [0, 0.05) is 17.5 Å². The highest BCUT2D eigenvalue weighted by molar-refractivity contribution is 6.30. The van der Waals surface area contributed by atoms with Crippen LogP contribution in [0.5, 0.6) is 0 Å². The molecule has 1 rings (SSSR count). The van der Waals surface area contributed by atoms with Crippen molar-refractivity contribution >= 4 is 17.5 Å². The molecule has 0 saturated carbocycles. The van der Waals surface area contributed by atoms with Crippen LogP contribution in [0.1, 0.15) is 24.8 Å². The monoisotopic (exact) mass is 254 g/mol. The molecule has 17 heavy (non-hydrogen) atoms. The topological polar surface area (TPSA) is 41.1 Å². The Morgan fingerprint density at radius 1 is 1.35 bits per heavy atom. The Hall–Kier alpha value is -1.06. The summed E-state index contributed by atoms with van der Waals surface area (Å²) in [5.41, 5.74) is 1.21. The molecule has 3 nitrogen and oxygen atoms in total. The van der Waals surface area contributed by atoms with E-state index >= 15 is 0 Å². The maximum atomic E-state index is 11.4. The summed E-state index contributed by atoms with van der Waals surface area (Å²) in [4.78, 5) is 11.4. The van der Waals surface area contributed by atoms with Crippen LogP contribution in [0.15, 0.2) is 24.3 Å². The van der Waals surface area contributed by atoms with Gasteiger partial charge in [0.1, 0.15) is 0 Å². The summed E-state index contributed by atoms with van der Waals surface area (Å²) in [5, 5.41) is 6.48. The van der Waals surface area contributed by atoms with E-state index in [0.29, 0.717) is 19.0 Å². The first kappa shape index (κ1) is 14.0. The number of carbonyl (C=O) groups excluding carboxylic acids is 1. The number of hydrogen-bond donors (Lipinski definition) is 2. The number of benzene rings is 1. The minimum atomic E-state index is 0.0277. The van der Waals surface area contributed by atoms with Crippen LogP contribution in [0.4, 0.5) is 0 Å². The van der Waals surface area contributed by atoms with Gasteiger partial charge in [-0.3, -0.25) is 4.79 Å². The molecule has 94 valence electrons. The lowest BCUT2D eigenvalue weighted by Gasteiger charge is -2.16. The standard InChI is InChI=1S/C13H19ClN2O/c1-3-10(8-16-13(17)9-15-2)11-4-6-12(14)7-5-11/h4-7,10,15H,3,8-9H2,1-2H3,(H,16,17). The van der Waals surface area contributed by atoms with E-state index in [2.05, 4.69) is 17.6 Å². The lowest BCUT2D eigenvalue weighted by molar-refractivity contribution is -0.120. The average Bonchev–Trinajstić information content (AvgIpc) is 2.32. The van der Waals surface area contributed by atoms with Crippen LogP contribution in [-0.4, -0.2) is 26.0 Å². The Bertz CT molecular complexity index is 351. The van der Waals surface area contributed by atoms with Crippen molar-refractivity contribution in [2.24, 2.45) is 0 Å². The fraction of sp³-hybridized carbons (Fsp3) is 0.462. The number of halogens is 1. The summed E-state index contributed by atoms with van der Waals surface area (Å²) < 4.78 is 0. The van der Waals surface area contributed by atoms with Crippen LogP contribution in [0, 0.1) is 0 Å². The first-order valence-corrected chi connectivity index (χ1v) is 6.22. The van der Waals surface area contributed by atoms with E-state index in [9.17, 15) is 4.79 Å². The van der Waals surface area contributed by atoms with E-state index in [0.717, 1.165) is 11.4 Å². The van der Waals surface area contributed by atoms with Gasteiger partial charge in [0.25, 0.3) is 0 Å². The molecule has 4 heteroatoms. The van der Waals surface area contributed by atoms with E-state index in [1.807, 2.05) is 24.3 Å².